The zero-order chi connectivity index (χ0) is 15.3. The van der Waals surface area contributed by atoms with Crippen LogP contribution >= 0.6 is 0 Å². The molecule has 2 saturated heterocycles. The van der Waals surface area contributed by atoms with Crippen molar-refractivity contribution in [2.24, 2.45) is 0 Å². The normalized spacial score (nSPS) is 41.0. The molecule has 0 unspecified atom stereocenters. The molecule has 21 heavy (non-hydrogen) atoms. The number of likely N-dealkylation sites (tertiary alicyclic amines) is 1. The minimum atomic E-state index is -0.622. The van der Waals surface area contributed by atoms with Gasteiger partial charge in [0.05, 0.1) is 0 Å². The van der Waals surface area contributed by atoms with Crippen molar-refractivity contribution in [3.63, 3.8) is 0 Å². The second kappa shape index (κ2) is 4.92. The van der Waals surface area contributed by atoms with E-state index in [0.717, 1.165) is 5.56 Å². The molecule has 2 aliphatic rings. The molecule has 114 valence electrons. The summed E-state index contributed by atoms with van der Waals surface area (Å²) in [6.07, 6.45) is 1.35. The molecule has 0 saturated carbocycles. The lowest BCUT2D eigenvalue weighted by Crippen LogP contribution is -2.53. The molecule has 0 aromatic heterocycles. The highest BCUT2D eigenvalue weighted by molar-refractivity contribution is 5.15. The summed E-state index contributed by atoms with van der Waals surface area (Å²) in [5, 5.41) is 13.5. The van der Waals surface area contributed by atoms with Crippen LogP contribution in [0.15, 0.2) is 43.0 Å². The van der Waals surface area contributed by atoms with Gasteiger partial charge in [-0.1, -0.05) is 36.9 Å². The Balaban J connectivity index is 1.90. The second-order valence-electron chi connectivity index (χ2n) is 6.53. The Kier molecular flexibility index (Phi) is 3.45. The Morgan fingerprint density at radius 2 is 1.86 bits per heavy atom. The fourth-order valence-electron chi connectivity index (χ4n) is 3.65. The largest absolute Gasteiger partial charge is 0.632 e. The first-order valence-corrected chi connectivity index (χ1v) is 7.48. The molecule has 0 radical (unpaired) electrons. The predicted molar refractivity (Wildman–Crippen MR) is 81.0 cm³/mol. The standard InChI is InChI=1S/C17H23NO3/c1-5-14-16-15(20-17(3,4)21-16)12(2)18(14,19)11-13-9-7-6-8-10-13/h5-10,12,14-16H,1,11H2,2-4H3/t12-,14-,15-,16+,18-/m1/s1. The molecule has 0 N–H and O–H groups in total. The molecule has 0 amide bonds. The fraction of sp³-hybridized carbons (Fsp3) is 0.529. The lowest BCUT2D eigenvalue weighted by Gasteiger charge is -2.48. The molecule has 4 heteroatoms. The van der Waals surface area contributed by atoms with Crippen molar-refractivity contribution < 1.29 is 14.1 Å². The van der Waals surface area contributed by atoms with Gasteiger partial charge in [0.1, 0.15) is 30.8 Å². The Labute approximate surface area is 126 Å². The van der Waals surface area contributed by atoms with Gasteiger partial charge >= 0.3 is 0 Å². The van der Waals surface area contributed by atoms with Crippen LogP contribution in [0.1, 0.15) is 26.3 Å². The van der Waals surface area contributed by atoms with Crippen molar-refractivity contribution in [2.45, 2.75) is 57.4 Å². The van der Waals surface area contributed by atoms with E-state index in [4.69, 9.17) is 9.47 Å². The molecule has 2 fully saturated rings. The van der Waals surface area contributed by atoms with Gasteiger partial charge in [-0.25, -0.2) is 0 Å². The van der Waals surface area contributed by atoms with E-state index in [1.54, 1.807) is 6.08 Å². The van der Waals surface area contributed by atoms with Crippen molar-refractivity contribution in [1.29, 1.82) is 0 Å². The summed E-state index contributed by atoms with van der Waals surface area (Å²) in [6, 6.07) is 9.38. The van der Waals surface area contributed by atoms with Gasteiger partial charge in [-0.15, -0.1) is 0 Å². The number of hydrogen-bond donors (Lipinski definition) is 0. The van der Waals surface area contributed by atoms with Crippen LogP contribution < -0.4 is 0 Å². The quantitative estimate of drug-likeness (QED) is 0.488. The number of ether oxygens (including phenoxy) is 2. The third-order valence-corrected chi connectivity index (χ3v) is 4.68. The molecule has 1 aromatic rings. The SMILES string of the molecule is C=C[C@@H]1[C@@H]2OC(C)(C)O[C@@H]2[C@@H](C)[N@+]1([O-])Cc1ccccc1. The van der Waals surface area contributed by atoms with E-state index in [1.165, 1.54) is 0 Å². The first-order valence-electron chi connectivity index (χ1n) is 7.48. The van der Waals surface area contributed by atoms with Crippen molar-refractivity contribution in [3.05, 3.63) is 53.8 Å². The summed E-state index contributed by atoms with van der Waals surface area (Å²) in [6.45, 7) is 10.0. The van der Waals surface area contributed by atoms with Gasteiger partial charge in [0.25, 0.3) is 0 Å². The Bertz CT molecular complexity index is 530. The van der Waals surface area contributed by atoms with Crippen LogP contribution in [-0.4, -0.2) is 34.7 Å². The van der Waals surface area contributed by atoms with E-state index >= 15 is 0 Å². The van der Waals surface area contributed by atoms with Gasteiger partial charge in [0.2, 0.25) is 0 Å². The maximum atomic E-state index is 13.5. The molecule has 2 aliphatic heterocycles. The van der Waals surface area contributed by atoms with Gasteiger partial charge in [0, 0.05) is 5.56 Å². The van der Waals surface area contributed by atoms with Crippen molar-refractivity contribution in [2.75, 3.05) is 0 Å². The van der Waals surface area contributed by atoms with Crippen molar-refractivity contribution in [3.8, 4) is 0 Å². The topological polar surface area (TPSA) is 41.5 Å². The highest BCUT2D eigenvalue weighted by Crippen LogP contribution is 2.45. The lowest BCUT2D eigenvalue weighted by molar-refractivity contribution is -0.924. The monoisotopic (exact) mass is 289 g/mol. The van der Waals surface area contributed by atoms with E-state index < -0.39 is 5.79 Å². The zero-order valence-electron chi connectivity index (χ0n) is 12.9. The predicted octanol–water partition coefficient (Wildman–Crippen LogP) is 2.98. The van der Waals surface area contributed by atoms with Crippen molar-refractivity contribution >= 4 is 0 Å². The second-order valence-corrected chi connectivity index (χ2v) is 6.53. The van der Waals surface area contributed by atoms with Gasteiger partial charge in [0.15, 0.2) is 5.79 Å². The van der Waals surface area contributed by atoms with Gasteiger partial charge in [-0.3, -0.25) is 0 Å². The average Bonchev–Trinajstić information content (AvgIpc) is 2.83. The molecular formula is C17H23NO3. The third-order valence-electron chi connectivity index (χ3n) is 4.68. The fourth-order valence-corrected chi connectivity index (χ4v) is 3.65. The zero-order valence-corrected chi connectivity index (χ0v) is 12.9. The summed E-state index contributed by atoms with van der Waals surface area (Å²) < 4.78 is 11.6. The third kappa shape index (κ3) is 2.32. The van der Waals surface area contributed by atoms with Crippen LogP contribution in [0.3, 0.4) is 0 Å². The number of rotatable bonds is 3. The highest BCUT2D eigenvalue weighted by Gasteiger charge is 2.61. The van der Waals surface area contributed by atoms with E-state index in [0.29, 0.717) is 6.54 Å². The lowest BCUT2D eigenvalue weighted by atomic mass is 10.1. The number of nitrogens with zero attached hydrogens (tertiary/aromatic N) is 1. The molecule has 1 aromatic carbocycles. The van der Waals surface area contributed by atoms with Crippen LogP contribution in [0.2, 0.25) is 0 Å². The van der Waals surface area contributed by atoms with Crippen LogP contribution in [-0.2, 0) is 16.0 Å². The molecule has 0 aliphatic carbocycles. The van der Waals surface area contributed by atoms with Gasteiger partial charge < -0.3 is 19.3 Å². The molecule has 0 bridgehead atoms. The average molecular weight is 289 g/mol. The molecule has 3 rings (SSSR count). The maximum Gasteiger partial charge on any atom is 0.164 e. The van der Waals surface area contributed by atoms with Crippen molar-refractivity contribution in [1.82, 2.24) is 0 Å². The van der Waals surface area contributed by atoms with Crippen LogP contribution in [0.4, 0.5) is 0 Å². The molecule has 5 atom stereocenters. The summed E-state index contributed by atoms with van der Waals surface area (Å²) in [7, 11) is 0. The van der Waals surface area contributed by atoms with E-state index in [1.807, 2.05) is 51.1 Å². The molecule has 2 heterocycles. The summed E-state index contributed by atoms with van der Waals surface area (Å²) in [5.74, 6) is -0.622. The summed E-state index contributed by atoms with van der Waals surface area (Å²) in [4.78, 5) is 0. The number of hydrogen-bond acceptors (Lipinski definition) is 3. The number of benzene rings is 1. The minimum absolute atomic E-state index is 0.177. The molecular weight excluding hydrogens is 266 g/mol. The number of fused-ring (bicyclic) bond motifs is 1. The molecule has 4 nitrogen and oxygen atoms in total. The van der Waals surface area contributed by atoms with E-state index in [9.17, 15) is 5.21 Å². The Morgan fingerprint density at radius 1 is 1.24 bits per heavy atom. The van der Waals surface area contributed by atoms with E-state index in [2.05, 4.69) is 6.58 Å². The smallest absolute Gasteiger partial charge is 0.164 e. The van der Waals surface area contributed by atoms with Crippen LogP contribution in [0.5, 0.6) is 0 Å². The van der Waals surface area contributed by atoms with Gasteiger partial charge in [-0.2, -0.15) is 0 Å². The first kappa shape index (κ1) is 14.7. The first-order chi connectivity index (χ1) is 9.87. The summed E-state index contributed by atoms with van der Waals surface area (Å²) >= 11 is 0. The summed E-state index contributed by atoms with van der Waals surface area (Å²) in [5.41, 5.74) is 1.03. The van der Waals surface area contributed by atoms with E-state index in [-0.39, 0.29) is 28.9 Å². The van der Waals surface area contributed by atoms with Crippen LogP contribution in [0, 0.1) is 5.21 Å². The highest BCUT2D eigenvalue weighted by atomic mass is 16.8. The minimum Gasteiger partial charge on any atom is -0.632 e. The Morgan fingerprint density at radius 3 is 2.48 bits per heavy atom. The van der Waals surface area contributed by atoms with Gasteiger partial charge in [-0.05, 0) is 26.8 Å². The van der Waals surface area contributed by atoms with Crippen LogP contribution in [0.25, 0.3) is 0 Å². The number of hydroxylamine groups is 3. The number of quaternary nitrogens is 1. The molecule has 0 spiro atoms. The maximum absolute atomic E-state index is 13.5. The Hall–Kier alpha value is -1.20.